The van der Waals surface area contributed by atoms with Crippen molar-refractivity contribution >= 4 is 10.9 Å². The van der Waals surface area contributed by atoms with Crippen LogP contribution in [-0.4, -0.2) is 4.57 Å². The minimum absolute atomic E-state index is 0.126. The van der Waals surface area contributed by atoms with E-state index in [0.29, 0.717) is 5.92 Å². The molecule has 0 amide bonds. The number of pyridine rings is 1. The second-order valence-electron chi connectivity index (χ2n) is 4.45. The first-order valence-electron chi connectivity index (χ1n) is 5.37. The van der Waals surface area contributed by atoms with Gasteiger partial charge in [-0.25, -0.2) is 0 Å². The highest BCUT2D eigenvalue weighted by molar-refractivity contribution is 5.82. The molecule has 2 nitrogen and oxygen atoms in total. The van der Waals surface area contributed by atoms with Crippen LogP contribution >= 0.6 is 0 Å². The molecule has 2 aromatic rings. The Hall–Kier alpha value is -1.57. The first-order valence-corrected chi connectivity index (χ1v) is 5.37. The summed E-state index contributed by atoms with van der Waals surface area (Å²) in [4.78, 5) is 11.8. The normalized spacial score (nSPS) is 19.4. The molecule has 1 aromatic heterocycles. The molecule has 0 saturated carbocycles. The lowest BCUT2D eigenvalue weighted by Gasteiger charge is -2.23. The van der Waals surface area contributed by atoms with Crippen molar-refractivity contribution in [3.05, 3.63) is 46.2 Å². The van der Waals surface area contributed by atoms with Gasteiger partial charge in [-0.1, -0.05) is 25.1 Å². The van der Waals surface area contributed by atoms with E-state index in [2.05, 4.69) is 25.1 Å². The molecule has 3 rings (SSSR count). The molecule has 0 radical (unpaired) electrons. The van der Waals surface area contributed by atoms with E-state index in [4.69, 9.17) is 0 Å². The first kappa shape index (κ1) is 8.72. The fourth-order valence-corrected chi connectivity index (χ4v) is 2.53. The molecule has 0 bridgehead atoms. The Morgan fingerprint density at radius 1 is 1.27 bits per heavy atom. The van der Waals surface area contributed by atoms with Crippen molar-refractivity contribution in [2.75, 3.05) is 0 Å². The molecule has 0 aliphatic carbocycles. The fourth-order valence-electron chi connectivity index (χ4n) is 2.53. The van der Waals surface area contributed by atoms with Crippen molar-refractivity contribution in [2.24, 2.45) is 5.92 Å². The molecule has 0 N–H and O–H groups in total. The molecular formula is C13H13NO. The molecule has 0 fully saturated rings. The number of hydrogen-bond donors (Lipinski definition) is 0. The fraction of sp³-hybridized carbons (Fsp3) is 0.308. The third-order valence-corrected chi connectivity index (χ3v) is 3.15. The van der Waals surface area contributed by atoms with E-state index in [-0.39, 0.29) is 5.56 Å². The van der Waals surface area contributed by atoms with Crippen molar-refractivity contribution in [1.29, 1.82) is 0 Å². The third kappa shape index (κ3) is 1.21. The van der Waals surface area contributed by atoms with Gasteiger partial charge in [0.15, 0.2) is 0 Å². The third-order valence-electron chi connectivity index (χ3n) is 3.15. The zero-order chi connectivity index (χ0) is 10.4. The van der Waals surface area contributed by atoms with Gasteiger partial charge in [0.1, 0.15) is 0 Å². The zero-order valence-corrected chi connectivity index (χ0v) is 8.73. The molecule has 0 saturated heterocycles. The Kier molecular flexibility index (Phi) is 1.72. The maximum atomic E-state index is 11.8. The van der Waals surface area contributed by atoms with Gasteiger partial charge in [-0.15, -0.1) is 0 Å². The summed E-state index contributed by atoms with van der Waals surface area (Å²) in [7, 11) is 0. The van der Waals surface area contributed by atoms with Crippen LogP contribution in [0.3, 0.4) is 0 Å². The van der Waals surface area contributed by atoms with Crippen molar-refractivity contribution in [3.8, 4) is 0 Å². The Balaban J connectivity index is 2.48. The first-order chi connectivity index (χ1) is 7.25. The molecule has 1 aliphatic rings. The van der Waals surface area contributed by atoms with Crippen molar-refractivity contribution < 1.29 is 0 Å². The number of aromatic nitrogens is 1. The molecule has 2 heteroatoms. The lowest BCUT2D eigenvalue weighted by atomic mass is 9.94. The Morgan fingerprint density at radius 3 is 3.00 bits per heavy atom. The van der Waals surface area contributed by atoms with E-state index >= 15 is 0 Å². The molecule has 0 unspecified atom stereocenters. The second kappa shape index (κ2) is 2.96. The van der Waals surface area contributed by atoms with Crippen LogP contribution in [0.2, 0.25) is 0 Å². The number of hydrogen-bond acceptors (Lipinski definition) is 1. The van der Waals surface area contributed by atoms with Crippen LogP contribution < -0.4 is 5.56 Å². The van der Waals surface area contributed by atoms with E-state index in [0.717, 1.165) is 18.5 Å². The van der Waals surface area contributed by atoms with Crippen molar-refractivity contribution in [3.63, 3.8) is 0 Å². The van der Waals surface area contributed by atoms with E-state index in [1.165, 1.54) is 10.9 Å². The molecule has 76 valence electrons. The van der Waals surface area contributed by atoms with Crippen LogP contribution in [-0.2, 0) is 13.0 Å². The molecule has 1 aromatic carbocycles. The van der Waals surface area contributed by atoms with Crippen LogP contribution in [0.1, 0.15) is 12.5 Å². The summed E-state index contributed by atoms with van der Waals surface area (Å²) in [6, 6.07) is 9.88. The molecule has 1 aliphatic heterocycles. The quantitative estimate of drug-likeness (QED) is 0.637. The minimum Gasteiger partial charge on any atom is -0.308 e. The maximum absolute atomic E-state index is 11.8. The molecule has 1 atom stereocenters. The monoisotopic (exact) mass is 199 g/mol. The molecule has 15 heavy (non-hydrogen) atoms. The number of benzene rings is 1. The highest BCUT2D eigenvalue weighted by Gasteiger charge is 2.17. The van der Waals surface area contributed by atoms with Crippen molar-refractivity contribution in [1.82, 2.24) is 4.57 Å². The molecule has 0 spiro atoms. The van der Waals surface area contributed by atoms with Crippen LogP contribution in [0, 0.1) is 5.92 Å². The molecular weight excluding hydrogens is 186 g/mol. The topological polar surface area (TPSA) is 22.0 Å². The smallest absolute Gasteiger partial charge is 0.251 e. The average Bonchev–Trinajstić information content (AvgIpc) is 2.23. The minimum atomic E-state index is 0.126. The standard InChI is InChI=1S/C13H13NO/c1-9-7-11-4-2-3-10-5-6-12(15)14(8-9)13(10)11/h2-6,9H,7-8H2,1H3/t9-/m1/s1. The zero-order valence-electron chi connectivity index (χ0n) is 8.73. The Morgan fingerprint density at radius 2 is 2.13 bits per heavy atom. The average molecular weight is 199 g/mol. The summed E-state index contributed by atoms with van der Waals surface area (Å²) in [5.74, 6) is 0.559. The summed E-state index contributed by atoms with van der Waals surface area (Å²) in [6.07, 6.45) is 1.08. The Bertz CT molecular complexity index is 583. The summed E-state index contributed by atoms with van der Waals surface area (Å²) < 4.78 is 1.92. The largest absolute Gasteiger partial charge is 0.308 e. The Labute approximate surface area is 88.2 Å². The predicted molar refractivity (Wildman–Crippen MR) is 61.1 cm³/mol. The van der Waals surface area contributed by atoms with Crippen LogP contribution in [0.15, 0.2) is 35.1 Å². The van der Waals surface area contributed by atoms with Gasteiger partial charge in [-0.3, -0.25) is 4.79 Å². The van der Waals surface area contributed by atoms with Gasteiger partial charge in [-0.2, -0.15) is 0 Å². The van der Waals surface area contributed by atoms with Gasteiger partial charge in [0.05, 0.1) is 5.52 Å². The SMILES string of the molecule is C[C@@H]1Cc2cccc3ccc(=O)n(c23)C1. The highest BCUT2D eigenvalue weighted by Crippen LogP contribution is 2.25. The van der Waals surface area contributed by atoms with Crippen LogP contribution in [0.25, 0.3) is 10.9 Å². The van der Waals surface area contributed by atoms with Gasteiger partial charge >= 0.3 is 0 Å². The number of nitrogens with zero attached hydrogens (tertiary/aromatic N) is 1. The molecule has 2 heterocycles. The van der Waals surface area contributed by atoms with E-state index in [9.17, 15) is 4.79 Å². The highest BCUT2D eigenvalue weighted by atomic mass is 16.1. The van der Waals surface area contributed by atoms with Crippen LogP contribution in [0.4, 0.5) is 0 Å². The lowest BCUT2D eigenvalue weighted by molar-refractivity contribution is 0.461. The lowest BCUT2D eigenvalue weighted by Crippen LogP contribution is -2.27. The predicted octanol–water partition coefficient (Wildman–Crippen LogP) is 2.19. The number of para-hydroxylation sites is 1. The van der Waals surface area contributed by atoms with Gasteiger partial charge in [0.2, 0.25) is 0 Å². The van der Waals surface area contributed by atoms with Gasteiger partial charge in [-0.05, 0) is 29.4 Å². The van der Waals surface area contributed by atoms with Gasteiger partial charge < -0.3 is 4.57 Å². The van der Waals surface area contributed by atoms with Gasteiger partial charge in [0, 0.05) is 12.6 Å². The van der Waals surface area contributed by atoms with E-state index in [1.54, 1.807) is 6.07 Å². The summed E-state index contributed by atoms with van der Waals surface area (Å²) in [5.41, 5.74) is 2.58. The van der Waals surface area contributed by atoms with Crippen molar-refractivity contribution in [2.45, 2.75) is 19.9 Å². The summed E-state index contributed by atoms with van der Waals surface area (Å²) in [6.45, 7) is 3.05. The maximum Gasteiger partial charge on any atom is 0.251 e. The summed E-state index contributed by atoms with van der Waals surface area (Å²) >= 11 is 0. The van der Waals surface area contributed by atoms with Gasteiger partial charge in [0.25, 0.3) is 5.56 Å². The number of rotatable bonds is 0. The summed E-state index contributed by atoms with van der Waals surface area (Å²) in [5, 5.41) is 1.18. The van der Waals surface area contributed by atoms with E-state index < -0.39 is 0 Å². The van der Waals surface area contributed by atoms with Crippen LogP contribution in [0.5, 0.6) is 0 Å². The second-order valence-corrected chi connectivity index (χ2v) is 4.45. The van der Waals surface area contributed by atoms with E-state index in [1.807, 2.05) is 10.6 Å².